The van der Waals surface area contributed by atoms with Crippen molar-refractivity contribution in [3.05, 3.63) is 64.1 Å². The van der Waals surface area contributed by atoms with Gasteiger partial charge in [0.2, 0.25) is 0 Å². The number of phenolic OH excluding ortho intramolecular Hbond substituents is 1. The number of phenols is 1. The van der Waals surface area contributed by atoms with Crippen molar-refractivity contribution in [1.82, 2.24) is 9.80 Å². The third kappa shape index (κ3) is 3.59. The van der Waals surface area contributed by atoms with Crippen LogP contribution in [0.5, 0.6) is 5.75 Å². The van der Waals surface area contributed by atoms with Crippen LogP contribution in [-0.4, -0.2) is 52.9 Å². The van der Waals surface area contributed by atoms with Crippen molar-refractivity contribution >= 4 is 27.7 Å². The fraction of sp³-hybridized carbons (Fsp3) is 0.222. The molecule has 2 aromatic carbocycles. The van der Waals surface area contributed by atoms with Crippen molar-refractivity contribution in [2.75, 3.05) is 26.2 Å². The van der Waals surface area contributed by atoms with E-state index in [9.17, 15) is 14.7 Å². The summed E-state index contributed by atoms with van der Waals surface area (Å²) in [5.41, 5.74) is 1.10. The van der Waals surface area contributed by atoms with E-state index >= 15 is 0 Å². The van der Waals surface area contributed by atoms with Crippen LogP contribution in [0, 0.1) is 0 Å². The van der Waals surface area contributed by atoms with Gasteiger partial charge in [0, 0.05) is 41.8 Å². The predicted octanol–water partition coefficient (Wildman–Crippen LogP) is 2.75. The van der Waals surface area contributed by atoms with Crippen LogP contribution in [0.25, 0.3) is 0 Å². The van der Waals surface area contributed by atoms with Crippen molar-refractivity contribution in [2.45, 2.75) is 0 Å². The number of hydrogen-bond acceptors (Lipinski definition) is 3. The number of carbonyl (C=O) groups excluding carboxylic acids is 2. The molecule has 0 atom stereocenters. The second-order valence-electron chi connectivity index (χ2n) is 5.65. The highest BCUT2D eigenvalue weighted by Crippen LogP contribution is 2.17. The van der Waals surface area contributed by atoms with Gasteiger partial charge in [-0.2, -0.15) is 0 Å². The van der Waals surface area contributed by atoms with Gasteiger partial charge in [-0.1, -0.05) is 28.1 Å². The van der Waals surface area contributed by atoms with Gasteiger partial charge in [0.25, 0.3) is 11.8 Å². The van der Waals surface area contributed by atoms with Gasteiger partial charge in [-0.15, -0.1) is 0 Å². The highest BCUT2D eigenvalue weighted by Gasteiger charge is 2.25. The third-order valence-corrected chi connectivity index (χ3v) is 4.51. The van der Waals surface area contributed by atoms with E-state index in [2.05, 4.69) is 15.9 Å². The van der Waals surface area contributed by atoms with Crippen molar-refractivity contribution in [3.8, 4) is 5.75 Å². The van der Waals surface area contributed by atoms with Crippen molar-refractivity contribution in [2.24, 2.45) is 0 Å². The maximum absolute atomic E-state index is 12.5. The molecule has 0 aromatic heterocycles. The van der Waals surface area contributed by atoms with Gasteiger partial charge in [0.05, 0.1) is 0 Å². The van der Waals surface area contributed by atoms with Crippen LogP contribution in [0.3, 0.4) is 0 Å². The molecule has 0 radical (unpaired) electrons. The zero-order valence-corrected chi connectivity index (χ0v) is 14.6. The molecule has 2 aromatic rings. The van der Waals surface area contributed by atoms with E-state index in [4.69, 9.17) is 0 Å². The molecule has 0 spiro atoms. The number of benzene rings is 2. The molecular formula is C18H17BrN2O3. The molecule has 5 nitrogen and oxygen atoms in total. The fourth-order valence-corrected chi connectivity index (χ4v) is 3.14. The van der Waals surface area contributed by atoms with Gasteiger partial charge in [0.1, 0.15) is 5.75 Å². The SMILES string of the molecule is O=C(c1cccc(O)c1)N1CCN(C(=O)c2cccc(Br)c2)CC1. The van der Waals surface area contributed by atoms with E-state index in [-0.39, 0.29) is 17.6 Å². The maximum atomic E-state index is 12.5. The molecule has 6 heteroatoms. The largest absolute Gasteiger partial charge is 0.508 e. The topological polar surface area (TPSA) is 60.9 Å². The Labute approximate surface area is 148 Å². The monoisotopic (exact) mass is 388 g/mol. The van der Waals surface area contributed by atoms with E-state index in [1.165, 1.54) is 12.1 Å². The molecule has 1 fully saturated rings. The first-order valence-corrected chi connectivity index (χ1v) is 8.47. The summed E-state index contributed by atoms with van der Waals surface area (Å²) in [5.74, 6) is -0.0782. The summed E-state index contributed by atoms with van der Waals surface area (Å²) in [6, 6.07) is 13.6. The minimum atomic E-state index is -0.125. The second-order valence-corrected chi connectivity index (χ2v) is 6.56. The molecule has 0 unspecified atom stereocenters. The zero-order valence-electron chi connectivity index (χ0n) is 13.0. The number of rotatable bonds is 2. The molecule has 24 heavy (non-hydrogen) atoms. The lowest BCUT2D eigenvalue weighted by molar-refractivity contribution is 0.0535. The number of piperazine rings is 1. The summed E-state index contributed by atoms with van der Waals surface area (Å²) < 4.78 is 0.867. The Hall–Kier alpha value is -2.34. The number of amides is 2. The molecule has 0 aliphatic carbocycles. The van der Waals surface area contributed by atoms with Crippen LogP contribution >= 0.6 is 15.9 Å². The first-order valence-electron chi connectivity index (χ1n) is 7.68. The van der Waals surface area contributed by atoms with E-state index < -0.39 is 0 Å². The van der Waals surface area contributed by atoms with Gasteiger partial charge in [0.15, 0.2) is 0 Å². The Morgan fingerprint density at radius 1 is 0.833 bits per heavy atom. The van der Waals surface area contributed by atoms with Crippen LogP contribution in [0.1, 0.15) is 20.7 Å². The Morgan fingerprint density at radius 3 is 1.83 bits per heavy atom. The number of aromatic hydroxyl groups is 1. The summed E-state index contributed by atoms with van der Waals surface area (Å²) in [4.78, 5) is 28.4. The molecule has 1 aliphatic rings. The van der Waals surface area contributed by atoms with E-state index in [1.54, 1.807) is 34.1 Å². The molecular weight excluding hydrogens is 372 g/mol. The van der Waals surface area contributed by atoms with Crippen molar-refractivity contribution < 1.29 is 14.7 Å². The van der Waals surface area contributed by atoms with Gasteiger partial charge in [-0.25, -0.2) is 0 Å². The van der Waals surface area contributed by atoms with Crippen LogP contribution < -0.4 is 0 Å². The van der Waals surface area contributed by atoms with Gasteiger partial charge in [-0.05, 0) is 36.4 Å². The predicted molar refractivity (Wildman–Crippen MR) is 94.1 cm³/mol. The van der Waals surface area contributed by atoms with Crippen LogP contribution in [0.2, 0.25) is 0 Å². The highest BCUT2D eigenvalue weighted by molar-refractivity contribution is 9.10. The summed E-state index contributed by atoms with van der Waals surface area (Å²) in [5, 5.41) is 9.50. The van der Waals surface area contributed by atoms with Gasteiger partial charge < -0.3 is 14.9 Å². The normalized spacial score (nSPS) is 14.5. The fourth-order valence-electron chi connectivity index (χ4n) is 2.74. The van der Waals surface area contributed by atoms with Crippen molar-refractivity contribution in [1.29, 1.82) is 0 Å². The maximum Gasteiger partial charge on any atom is 0.254 e. The Bertz CT molecular complexity index is 705. The van der Waals surface area contributed by atoms with E-state index in [0.29, 0.717) is 37.3 Å². The Kier molecular flexibility index (Phi) is 4.85. The lowest BCUT2D eigenvalue weighted by Gasteiger charge is -2.35. The quantitative estimate of drug-likeness (QED) is 0.860. The molecule has 0 bridgehead atoms. The van der Waals surface area contributed by atoms with Crippen LogP contribution in [-0.2, 0) is 0 Å². The molecule has 124 valence electrons. The average Bonchev–Trinajstić information content (AvgIpc) is 2.60. The smallest absolute Gasteiger partial charge is 0.254 e. The minimum absolute atomic E-state index is 0.0271. The summed E-state index contributed by atoms with van der Waals surface area (Å²) in [6.45, 7) is 1.95. The summed E-state index contributed by atoms with van der Waals surface area (Å²) >= 11 is 3.37. The highest BCUT2D eigenvalue weighted by atomic mass is 79.9. The number of carbonyl (C=O) groups is 2. The van der Waals surface area contributed by atoms with Gasteiger partial charge >= 0.3 is 0 Å². The first kappa shape index (κ1) is 16.5. The average molecular weight is 389 g/mol. The zero-order chi connectivity index (χ0) is 17.1. The Morgan fingerprint density at radius 2 is 1.33 bits per heavy atom. The molecule has 3 rings (SSSR count). The lowest BCUT2D eigenvalue weighted by atomic mass is 10.1. The summed E-state index contributed by atoms with van der Waals surface area (Å²) in [7, 11) is 0. The summed E-state index contributed by atoms with van der Waals surface area (Å²) in [6.07, 6.45) is 0. The second kappa shape index (κ2) is 7.05. The number of hydrogen-bond donors (Lipinski definition) is 1. The third-order valence-electron chi connectivity index (χ3n) is 4.02. The number of nitrogens with zero attached hydrogens (tertiary/aromatic N) is 2. The molecule has 1 N–H and O–H groups in total. The lowest BCUT2D eigenvalue weighted by Crippen LogP contribution is -2.50. The van der Waals surface area contributed by atoms with E-state index in [0.717, 1.165) is 4.47 Å². The number of halogens is 1. The molecule has 0 saturated carbocycles. The molecule has 1 heterocycles. The van der Waals surface area contributed by atoms with Crippen molar-refractivity contribution in [3.63, 3.8) is 0 Å². The molecule has 1 aliphatic heterocycles. The van der Waals surface area contributed by atoms with Gasteiger partial charge in [-0.3, -0.25) is 9.59 Å². The standard InChI is InChI=1S/C18H17BrN2O3/c19-15-5-1-3-13(11-15)17(23)20-7-9-21(10-8-20)18(24)14-4-2-6-16(22)12-14/h1-6,11-12,22H,7-10H2. The molecule has 2 amide bonds. The van der Waals surface area contributed by atoms with E-state index in [1.807, 2.05) is 12.1 Å². The molecule has 1 saturated heterocycles. The Balaban J connectivity index is 1.63. The van der Waals surface area contributed by atoms with Crippen LogP contribution in [0.4, 0.5) is 0 Å². The first-order chi connectivity index (χ1) is 11.5. The van der Waals surface area contributed by atoms with Crippen LogP contribution in [0.15, 0.2) is 53.0 Å². The minimum Gasteiger partial charge on any atom is -0.508 e.